The monoisotopic (exact) mass is 336 g/mol. The van der Waals surface area contributed by atoms with E-state index in [1.54, 1.807) is 7.11 Å². The highest BCUT2D eigenvalue weighted by molar-refractivity contribution is 5.94. The first-order valence-corrected chi connectivity index (χ1v) is 8.37. The van der Waals surface area contributed by atoms with Gasteiger partial charge in [0.1, 0.15) is 5.75 Å². The number of nitrogens with zero attached hydrogens (tertiary/aromatic N) is 1. The van der Waals surface area contributed by atoms with Gasteiger partial charge >= 0.3 is 0 Å². The van der Waals surface area contributed by atoms with Gasteiger partial charge in [-0.1, -0.05) is 30.3 Å². The second kappa shape index (κ2) is 6.57. The summed E-state index contributed by atoms with van der Waals surface area (Å²) in [5, 5.41) is 15.7. The van der Waals surface area contributed by atoms with Crippen molar-refractivity contribution in [2.75, 3.05) is 13.7 Å². The molecule has 0 spiro atoms. The van der Waals surface area contributed by atoms with Crippen molar-refractivity contribution < 1.29 is 9.53 Å². The van der Waals surface area contributed by atoms with Crippen molar-refractivity contribution in [1.82, 2.24) is 20.8 Å². The van der Waals surface area contributed by atoms with Gasteiger partial charge in [-0.3, -0.25) is 9.89 Å². The molecule has 1 aliphatic rings. The minimum absolute atomic E-state index is 0.170. The van der Waals surface area contributed by atoms with E-state index in [1.165, 1.54) is 0 Å². The number of carbonyl (C=O) groups excluding carboxylic acids is 1. The molecule has 0 saturated carbocycles. The van der Waals surface area contributed by atoms with Crippen LogP contribution < -0.4 is 15.4 Å². The topological polar surface area (TPSA) is 79.0 Å². The number of ether oxygens (including phenoxy) is 1. The van der Waals surface area contributed by atoms with E-state index in [2.05, 4.69) is 26.9 Å². The number of hydrogen-bond donors (Lipinski definition) is 3. The van der Waals surface area contributed by atoms with E-state index in [0.29, 0.717) is 18.8 Å². The molecular weight excluding hydrogens is 316 g/mol. The van der Waals surface area contributed by atoms with Crippen LogP contribution in [0, 0.1) is 0 Å². The number of benzene rings is 2. The number of aromatic amines is 1. The Balaban J connectivity index is 1.60. The first kappa shape index (κ1) is 15.7. The number of amides is 1. The Labute approximate surface area is 145 Å². The molecule has 1 aliphatic heterocycles. The van der Waals surface area contributed by atoms with Crippen LogP contribution in [-0.2, 0) is 19.5 Å². The SMILES string of the molecule is COc1ccc2ccccc2c1CNC(=O)c1n[nH]c2c1CNCC2. The van der Waals surface area contributed by atoms with Gasteiger partial charge in [-0.15, -0.1) is 0 Å². The van der Waals surface area contributed by atoms with Crippen molar-refractivity contribution in [3.8, 4) is 5.75 Å². The third-order valence-corrected chi connectivity index (χ3v) is 4.66. The summed E-state index contributed by atoms with van der Waals surface area (Å²) in [4.78, 5) is 12.6. The smallest absolute Gasteiger partial charge is 0.272 e. The van der Waals surface area contributed by atoms with E-state index in [-0.39, 0.29) is 5.91 Å². The summed E-state index contributed by atoms with van der Waals surface area (Å²) in [7, 11) is 1.64. The van der Waals surface area contributed by atoms with Crippen molar-refractivity contribution in [3.05, 3.63) is 58.9 Å². The molecule has 128 valence electrons. The van der Waals surface area contributed by atoms with Crippen LogP contribution in [0.1, 0.15) is 27.3 Å². The van der Waals surface area contributed by atoms with Gasteiger partial charge in [-0.05, 0) is 16.8 Å². The maximum absolute atomic E-state index is 12.6. The van der Waals surface area contributed by atoms with E-state index in [0.717, 1.165) is 46.3 Å². The molecule has 1 amide bonds. The number of carbonyl (C=O) groups is 1. The Hall–Kier alpha value is -2.86. The summed E-state index contributed by atoms with van der Waals surface area (Å²) in [6.07, 6.45) is 0.868. The fraction of sp³-hybridized carbons (Fsp3) is 0.263. The second-order valence-electron chi connectivity index (χ2n) is 6.11. The quantitative estimate of drug-likeness (QED) is 0.682. The molecule has 6 heteroatoms. The van der Waals surface area contributed by atoms with Crippen LogP contribution in [0.3, 0.4) is 0 Å². The lowest BCUT2D eigenvalue weighted by atomic mass is 10.0. The average molecular weight is 336 g/mol. The average Bonchev–Trinajstić information content (AvgIpc) is 3.10. The zero-order valence-corrected chi connectivity index (χ0v) is 14.1. The molecule has 25 heavy (non-hydrogen) atoms. The number of methoxy groups -OCH3 is 1. The first-order valence-electron chi connectivity index (χ1n) is 8.37. The van der Waals surface area contributed by atoms with Gasteiger partial charge in [0.15, 0.2) is 5.69 Å². The number of hydrogen-bond acceptors (Lipinski definition) is 4. The number of fused-ring (bicyclic) bond motifs is 2. The molecule has 2 heterocycles. The Morgan fingerprint density at radius 2 is 2.16 bits per heavy atom. The number of nitrogens with one attached hydrogen (secondary N) is 3. The molecule has 1 aromatic heterocycles. The van der Waals surface area contributed by atoms with Gasteiger partial charge in [-0.25, -0.2) is 0 Å². The van der Waals surface area contributed by atoms with Crippen LogP contribution in [0.2, 0.25) is 0 Å². The van der Waals surface area contributed by atoms with Gasteiger partial charge in [0, 0.05) is 42.9 Å². The Bertz CT molecular complexity index is 932. The number of rotatable bonds is 4. The predicted molar refractivity (Wildman–Crippen MR) is 95.7 cm³/mol. The van der Waals surface area contributed by atoms with E-state index in [4.69, 9.17) is 4.74 Å². The van der Waals surface area contributed by atoms with Gasteiger partial charge in [-0.2, -0.15) is 5.10 Å². The summed E-state index contributed by atoms with van der Waals surface area (Å²) >= 11 is 0. The molecular formula is C19H20N4O2. The van der Waals surface area contributed by atoms with E-state index in [9.17, 15) is 4.79 Å². The maximum atomic E-state index is 12.6. The van der Waals surface area contributed by atoms with Crippen molar-refractivity contribution in [1.29, 1.82) is 0 Å². The van der Waals surface area contributed by atoms with Crippen LogP contribution in [0.5, 0.6) is 5.75 Å². The van der Waals surface area contributed by atoms with E-state index >= 15 is 0 Å². The highest BCUT2D eigenvalue weighted by atomic mass is 16.5. The summed E-state index contributed by atoms with van der Waals surface area (Å²) < 4.78 is 5.48. The van der Waals surface area contributed by atoms with E-state index in [1.807, 2.05) is 30.3 Å². The van der Waals surface area contributed by atoms with Crippen molar-refractivity contribution in [3.63, 3.8) is 0 Å². The Morgan fingerprint density at radius 1 is 1.28 bits per heavy atom. The lowest BCUT2D eigenvalue weighted by Gasteiger charge is -2.14. The standard InChI is InChI=1S/C19H20N4O2/c1-25-17-7-6-12-4-2-3-5-13(12)14(17)11-21-19(24)18-15-10-20-9-8-16(15)22-23-18/h2-7,20H,8-11H2,1H3,(H,21,24)(H,22,23). The largest absolute Gasteiger partial charge is 0.496 e. The summed E-state index contributed by atoms with van der Waals surface area (Å²) in [5.41, 5.74) is 3.46. The zero-order chi connectivity index (χ0) is 17.2. The summed E-state index contributed by atoms with van der Waals surface area (Å²) in [5.74, 6) is 0.598. The lowest BCUT2D eigenvalue weighted by molar-refractivity contribution is 0.0944. The minimum atomic E-state index is -0.170. The van der Waals surface area contributed by atoms with Gasteiger partial charge in [0.2, 0.25) is 0 Å². The normalized spacial score (nSPS) is 13.5. The van der Waals surface area contributed by atoms with Gasteiger partial charge in [0.05, 0.1) is 7.11 Å². The highest BCUT2D eigenvalue weighted by Crippen LogP contribution is 2.28. The number of aromatic nitrogens is 2. The molecule has 0 bridgehead atoms. The van der Waals surface area contributed by atoms with Gasteiger partial charge < -0.3 is 15.4 Å². The Morgan fingerprint density at radius 3 is 3.04 bits per heavy atom. The van der Waals surface area contributed by atoms with Crippen molar-refractivity contribution in [2.24, 2.45) is 0 Å². The van der Waals surface area contributed by atoms with Crippen LogP contribution in [0.4, 0.5) is 0 Å². The molecule has 3 aromatic rings. The third-order valence-electron chi connectivity index (χ3n) is 4.66. The molecule has 2 aromatic carbocycles. The van der Waals surface area contributed by atoms with Crippen LogP contribution in [0.15, 0.2) is 36.4 Å². The van der Waals surface area contributed by atoms with Gasteiger partial charge in [0.25, 0.3) is 5.91 Å². The molecule has 0 fully saturated rings. The maximum Gasteiger partial charge on any atom is 0.272 e. The molecule has 0 saturated heterocycles. The fourth-order valence-electron chi connectivity index (χ4n) is 3.35. The molecule has 0 unspecified atom stereocenters. The van der Waals surface area contributed by atoms with Crippen LogP contribution in [-0.4, -0.2) is 29.8 Å². The van der Waals surface area contributed by atoms with Crippen LogP contribution >= 0.6 is 0 Å². The molecule has 6 nitrogen and oxygen atoms in total. The molecule has 0 atom stereocenters. The molecule has 3 N–H and O–H groups in total. The lowest BCUT2D eigenvalue weighted by Crippen LogP contribution is -2.28. The zero-order valence-electron chi connectivity index (χ0n) is 14.1. The van der Waals surface area contributed by atoms with Crippen molar-refractivity contribution in [2.45, 2.75) is 19.5 Å². The summed E-state index contributed by atoms with van der Waals surface area (Å²) in [6.45, 7) is 1.97. The van der Waals surface area contributed by atoms with Crippen molar-refractivity contribution >= 4 is 16.7 Å². The third kappa shape index (κ3) is 2.85. The Kier molecular flexibility index (Phi) is 4.11. The molecule has 4 rings (SSSR count). The molecule has 0 aliphatic carbocycles. The summed E-state index contributed by atoms with van der Waals surface area (Å²) in [6, 6.07) is 12.0. The molecule has 0 radical (unpaired) electrons. The minimum Gasteiger partial charge on any atom is -0.496 e. The highest BCUT2D eigenvalue weighted by Gasteiger charge is 2.21. The van der Waals surface area contributed by atoms with Crippen LogP contribution in [0.25, 0.3) is 10.8 Å². The predicted octanol–water partition coefficient (Wildman–Crippen LogP) is 2.15. The van der Waals surface area contributed by atoms with E-state index < -0.39 is 0 Å². The number of H-pyrrole nitrogens is 1. The second-order valence-corrected chi connectivity index (χ2v) is 6.11. The first-order chi connectivity index (χ1) is 12.3. The fourth-order valence-corrected chi connectivity index (χ4v) is 3.35.